The number of ether oxygens (including phenoxy) is 1. The molecule has 202 valence electrons. The van der Waals surface area contributed by atoms with Crippen LogP contribution in [0.4, 0.5) is 0 Å². The molecule has 4 atom stereocenters. The molecule has 2 aliphatic heterocycles. The minimum Gasteiger partial charge on any atom is -0.460 e. The van der Waals surface area contributed by atoms with E-state index >= 15 is 0 Å². The molecule has 4 amide bonds. The number of carbonyl (C=O) groups is 5. The molecular formula is C24H38N4O6S2. The number of hydrogen-bond donors (Lipinski definition) is 4. The van der Waals surface area contributed by atoms with Crippen molar-refractivity contribution in [2.24, 2.45) is 11.8 Å². The second kappa shape index (κ2) is 14.5. The fourth-order valence-corrected chi connectivity index (χ4v) is 6.07. The minimum absolute atomic E-state index is 0.0305. The van der Waals surface area contributed by atoms with Gasteiger partial charge in [0.1, 0.15) is 29.9 Å². The van der Waals surface area contributed by atoms with Crippen LogP contribution in [0.2, 0.25) is 0 Å². The van der Waals surface area contributed by atoms with Crippen LogP contribution in [0.1, 0.15) is 60.3 Å². The second-order valence-corrected chi connectivity index (χ2v) is 12.2. The molecule has 2 heterocycles. The number of allylic oxidation sites excluding steroid dienone is 1. The Bertz CT molecular complexity index is 864. The minimum atomic E-state index is -0.969. The van der Waals surface area contributed by atoms with Crippen LogP contribution in [0.15, 0.2) is 11.8 Å². The summed E-state index contributed by atoms with van der Waals surface area (Å²) in [6.45, 7) is 8.73. The Hall–Kier alpha value is -2.21. The first-order chi connectivity index (χ1) is 17.0. The number of fused-ring (bicyclic) bond motifs is 7. The van der Waals surface area contributed by atoms with E-state index in [0.717, 1.165) is 18.6 Å². The maximum absolute atomic E-state index is 13.2. The van der Waals surface area contributed by atoms with E-state index in [1.807, 2.05) is 0 Å². The molecule has 4 N–H and O–H groups in total. The summed E-state index contributed by atoms with van der Waals surface area (Å²) in [5, 5.41) is 10.8. The molecule has 2 saturated heterocycles. The number of carbonyl (C=O) groups excluding carboxylic acids is 5. The van der Waals surface area contributed by atoms with Crippen molar-refractivity contribution in [3.8, 4) is 0 Å². The zero-order chi connectivity index (χ0) is 26.8. The Balaban J connectivity index is 2.52. The van der Waals surface area contributed by atoms with Gasteiger partial charge in [0, 0.05) is 11.5 Å². The first-order valence-corrected chi connectivity index (χ1v) is 14.8. The summed E-state index contributed by atoms with van der Waals surface area (Å²) in [4.78, 5) is 65.3. The van der Waals surface area contributed by atoms with E-state index in [4.69, 9.17) is 4.74 Å². The largest absolute Gasteiger partial charge is 0.460 e. The third-order valence-electron chi connectivity index (χ3n) is 5.91. The van der Waals surface area contributed by atoms with E-state index in [-0.39, 0.29) is 29.7 Å². The van der Waals surface area contributed by atoms with Gasteiger partial charge in [-0.05, 0) is 38.0 Å². The van der Waals surface area contributed by atoms with E-state index in [1.54, 1.807) is 45.4 Å². The average molecular weight is 543 g/mol. The van der Waals surface area contributed by atoms with Crippen molar-refractivity contribution in [3.05, 3.63) is 11.8 Å². The molecule has 0 radical (unpaired) electrons. The molecule has 4 unspecified atom stereocenters. The predicted octanol–water partition coefficient (Wildman–Crippen LogP) is 1.65. The van der Waals surface area contributed by atoms with Crippen LogP contribution < -0.4 is 21.3 Å². The molecule has 2 bridgehead atoms. The van der Waals surface area contributed by atoms with E-state index < -0.39 is 53.8 Å². The van der Waals surface area contributed by atoms with E-state index in [0.29, 0.717) is 6.42 Å². The number of esters is 1. The number of amides is 4. The van der Waals surface area contributed by atoms with Crippen molar-refractivity contribution in [1.82, 2.24) is 21.3 Å². The molecular weight excluding hydrogens is 504 g/mol. The highest BCUT2D eigenvalue weighted by Gasteiger charge is 2.34. The van der Waals surface area contributed by atoms with Crippen molar-refractivity contribution in [3.63, 3.8) is 0 Å². The lowest BCUT2D eigenvalue weighted by atomic mass is 10.0. The Kier molecular flexibility index (Phi) is 12.1. The molecule has 12 heteroatoms. The SMILES string of the molecule is CC=C1NC(=O)C2CSSCCCCC(CC(=O)NC(C(C)C)C(=O)N2)OC(=O)C(C(C)C)NC1=O. The van der Waals surface area contributed by atoms with Crippen molar-refractivity contribution in [2.45, 2.75) is 84.5 Å². The molecule has 36 heavy (non-hydrogen) atoms. The average Bonchev–Trinajstić information content (AvgIpc) is 2.81. The fraction of sp³-hybridized carbons (Fsp3) is 0.708. The highest BCUT2D eigenvalue weighted by atomic mass is 33.1. The van der Waals surface area contributed by atoms with Crippen LogP contribution >= 0.6 is 21.6 Å². The lowest BCUT2D eigenvalue weighted by Gasteiger charge is -2.28. The molecule has 0 aromatic rings. The molecule has 0 aromatic carbocycles. The molecule has 0 aromatic heterocycles. The van der Waals surface area contributed by atoms with Crippen LogP contribution in [0, 0.1) is 11.8 Å². The third kappa shape index (κ3) is 9.02. The Morgan fingerprint density at radius 3 is 2.22 bits per heavy atom. The molecule has 0 aliphatic carbocycles. The van der Waals surface area contributed by atoms with E-state index in [2.05, 4.69) is 21.3 Å². The lowest BCUT2D eigenvalue weighted by molar-refractivity contribution is -0.156. The molecule has 10 nitrogen and oxygen atoms in total. The normalized spacial score (nSPS) is 29.2. The van der Waals surface area contributed by atoms with Gasteiger partial charge in [-0.1, -0.05) is 55.4 Å². The summed E-state index contributed by atoms with van der Waals surface area (Å²) >= 11 is 0. The van der Waals surface area contributed by atoms with Crippen LogP contribution in [-0.4, -0.2) is 65.3 Å². The third-order valence-corrected chi connectivity index (χ3v) is 8.41. The Morgan fingerprint density at radius 1 is 0.889 bits per heavy atom. The van der Waals surface area contributed by atoms with Crippen LogP contribution in [0.3, 0.4) is 0 Å². The maximum Gasteiger partial charge on any atom is 0.329 e. The van der Waals surface area contributed by atoms with Gasteiger partial charge in [0.25, 0.3) is 5.91 Å². The quantitative estimate of drug-likeness (QED) is 0.234. The van der Waals surface area contributed by atoms with Gasteiger partial charge in [0.2, 0.25) is 17.7 Å². The molecule has 2 rings (SSSR count). The zero-order valence-corrected chi connectivity index (χ0v) is 23.2. The summed E-state index contributed by atoms with van der Waals surface area (Å²) in [6, 6.07) is -2.79. The van der Waals surface area contributed by atoms with Gasteiger partial charge in [-0.2, -0.15) is 0 Å². The number of nitrogens with one attached hydrogen (secondary N) is 4. The first kappa shape index (κ1) is 30.0. The maximum atomic E-state index is 13.2. The Labute approximate surface area is 220 Å². The first-order valence-electron chi connectivity index (χ1n) is 12.4. The van der Waals surface area contributed by atoms with Gasteiger partial charge >= 0.3 is 5.97 Å². The van der Waals surface area contributed by atoms with Crippen LogP contribution in [-0.2, 0) is 28.7 Å². The van der Waals surface area contributed by atoms with Gasteiger partial charge in [0.05, 0.1) is 6.42 Å². The predicted molar refractivity (Wildman–Crippen MR) is 141 cm³/mol. The molecule has 2 aliphatic rings. The summed E-state index contributed by atoms with van der Waals surface area (Å²) in [7, 11) is 3.03. The van der Waals surface area contributed by atoms with Crippen molar-refractivity contribution in [2.75, 3.05) is 11.5 Å². The fourth-order valence-electron chi connectivity index (χ4n) is 3.76. The van der Waals surface area contributed by atoms with Crippen molar-refractivity contribution >= 4 is 51.2 Å². The van der Waals surface area contributed by atoms with Crippen LogP contribution in [0.5, 0.6) is 0 Å². The highest BCUT2D eigenvalue weighted by Crippen LogP contribution is 2.25. The number of rotatable bonds is 2. The van der Waals surface area contributed by atoms with Crippen molar-refractivity contribution < 1.29 is 28.7 Å². The topological polar surface area (TPSA) is 143 Å². The van der Waals surface area contributed by atoms with E-state index in [9.17, 15) is 24.0 Å². The van der Waals surface area contributed by atoms with Crippen LogP contribution in [0.25, 0.3) is 0 Å². The summed E-state index contributed by atoms with van der Waals surface area (Å²) in [5.74, 6) is -2.24. The van der Waals surface area contributed by atoms with Gasteiger partial charge < -0.3 is 26.0 Å². The summed E-state index contributed by atoms with van der Waals surface area (Å²) in [5.41, 5.74) is -0.0305. The highest BCUT2D eigenvalue weighted by molar-refractivity contribution is 8.76. The standard InChI is InChI=1S/C24H38N4O6S2/c1-6-16-21(30)28-20(14(4)5)24(33)34-15-9-7-8-10-35-36-12-17(22(31)25-16)26-23(32)19(13(2)3)27-18(29)11-15/h6,13-15,17,19-20H,7-12H2,1-5H3,(H,25,31)(H,26,32)(H,27,29)(H,28,30). The van der Waals surface area contributed by atoms with Gasteiger partial charge in [-0.15, -0.1) is 0 Å². The molecule has 0 saturated carbocycles. The van der Waals surface area contributed by atoms with Crippen molar-refractivity contribution in [1.29, 1.82) is 0 Å². The summed E-state index contributed by atoms with van der Waals surface area (Å²) < 4.78 is 5.74. The number of hydrogen-bond acceptors (Lipinski definition) is 8. The molecule has 0 spiro atoms. The zero-order valence-electron chi connectivity index (χ0n) is 21.6. The second-order valence-electron chi connectivity index (χ2n) is 9.60. The Morgan fingerprint density at radius 2 is 1.58 bits per heavy atom. The van der Waals surface area contributed by atoms with E-state index in [1.165, 1.54) is 16.9 Å². The smallest absolute Gasteiger partial charge is 0.329 e. The van der Waals surface area contributed by atoms with Gasteiger partial charge in [-0.3, -0.25) is 19.2 Å². The lowest BCUT2D eigenvalue weighted by Crippen LogP contribution is -2.57. The van der Waals surface area contributed by atoms with Gasteiger partial charge in [-0.25, -0.2) is 4.79 Å². The summed E-state index contributed by atoms with van der Waals surface area (Å²) in [6.07, 6.45) is 2.68. The monoisotopic (exact) mass is 542 g/mol. The van der Waals surface area contributed by atoms with Gasteiger partial charge in [0.15, 0.2) is 0 Å². The molecule has 2 fully saturated rings.